The second-order valence-corrected chi connectivity index (χ2v) is 5.49. The molecule has 0 saturated heterocycles. The molecule has 0 radical (unpaired) electrons. The number of aryl methyl sites for hydroxylation is 1. The molecule has 16 heavy (non-hydrogen) atoms. The van der Waals surface area contributed by atoms with Gasteiger partial charge in [-0.2, -0.15) is 5.10 Å². The van der Waals surface area contributed by atoms with Crippen molar-refractivity contribution in [2.45, 2.75) is 45.1 Å². The Balaban J connectivity index is 2.27. The van der Waals surface area contributed by atoms with Gasteiger partial charge in [0.2, 0.25) is 0 Å². The van der Waals surface area contributed by atoms with Crippen molar-refractivity contribution in [1.29, 1.82) is 0 Å². The van der Waals surface area contributed by atoms with Gasteiger partial charge in [0.05, 0.1) is 16.4 Å². The topological polar surface area (TPSA) is 43.8 Å². The average molecular weight is 286 g/mol. The van der Waals surface area contributed by atoms with Crippen LogP contribution >= 0.6 is 15.9 Å². The van der Waals surface area contributed by atoms with Crippen molar-refractivity contribution in [3.8, 4) is 0 Å². The van der Waals surface area contributed by atoms with E-state index >= 15 is 0 Å². The first kappa shape index (κ1) is 12.1. The van der Waals surface area contributed by atoms with Gasteiger partial charge in [-0.3, -0.25) is 4.68 Å². The van der Waals surface area contributed by atoms with Crippen LogP contribution < -0.4 is 5.73 Å². The Hall–Kier alpha value is -0.350. The Labute approximate surface area is 106 Å². The second-order valence-electron chi connectivity index (χ2n) is 4.63. The summed E-state index contributed by atoms with van der Waals surface area (Å²) in [4.78, 5) is 0. The van der Waals surface area contributed by atoms with Crippen LogP contribution in [0, 0.1) is 5.92 Å². The van der Waals surface area contributed by atoms with Gasteiger partial charge in [0.1, 0.15) is 0 Å². The maximum Gasteiger partial charge on any atom is 0.0635 e. The van der Waals surface area contributed by atoms with Crippen LogP contribution in [0.15, 0.2) is 10.7 Å². The van der Waals surface area contributed by atoms with Crippen LogP contribution in [0.2, 0.25) is 0 Å². The third-order valence-corrected chi connectivity index (χ3v) is 4.19. The number of nitrogens with two attached hydrogens (primary N) is 1. The van der Waals surface area contributed by atoms with Gasteiger partial charge in [0.15, 0.2) is 0 Å². The van der Waals surface area contributed by atoms with E-state index in [9.17, 15) is 0 Å². The highest BCUT2D eigenvalue weighted by molar-refractivity contribution is 9.10. The molecule has 2 atom stereocenters. The molecule has 1 aliphatic rings. The zero-order valence-electron chi connectivity index (χ0n) is 9.82. The smallest absolute Gasteiger partial charge is 0.0635 e. The monoisotopic (exact) mass is 285 g/mol. The van der Waals surface area contributed by atoms with Crippen LogP contribution in [-0.4, -0.2) is 16.3 Å². The molecule has 0 bridgehead atoms. The largest absolute Gasteiger partial charge is 0.330 e. The maximum atomic E-state index is 5.86. The molecule has 0 amide bonds. The fourth-order valence-corrected chi connectivity index (χ4v) is 3.40. The predicted molar refractivity (Wildman–Crippen MR) is 69.4 cm³/mol. The fraction of sp³-hybridized carbons (Fsp3) is 0.750. The Morgan fingerprint density at radius 2 is 2.38 bits per heavy atom. The van der Waals surface area contributed by atoms with Crippen molar-refractivity contribution in [1.82, 2.24) is 9.78 Å². The molecule has 4 heteroatoms. The van der Waals surface area contributed by atoms with E-state index < -0.39 is 0 Å². The summed E-state index contributed by atoms with van der Waals surface area (Å²) in [6.07, 6.45) is 6.88. The van der Waals surface area contributed by atoms with Crippen molar-refractivity contribution >= 4 is 15.9 Å². The lowest BCUT2D eigenvalue weighted by Gasteiger charge is -2.20. The van der Waals surface area contributed by atoms with Gasteiger partial charge in [-0.1, -0.05) is 13.3 Å². The van der Waals surface area contributed by atoms with Gasteiger partial charge >= 0.3 is 0 Å². The molecule has 1 aromatic rings. The van der Waals surface area contributed by atoms with Crippen LogP contribution in [0.4, 0.5) is 0 Å². The molecule has 2 unspecified atom stereocenters. The van der Waals surface area contributed by atoms with Crippen molar-refractivity contribution < 1.29 is 0 Å². The number of halogens is 1. The second kappa shape index (κ2) is 5.32. The fourth-order valence-electron chi connectivity index (χ4n) is 2.81. The van der Waals surface area contributed by atoms with Crippen LogP contribution in [0.5, 0.6) is 0 Å². The van der Waals surface area contributed by atoms with E-state index in [0.717, 1.165) is 24.0 Å². The highest BCUT2D eigenvalue weighted by Gasteiger charge is 2.31. The first-order chi connectivity index (χ1) is 7.77. The molecule has 90 valence electrons. The summed E-state index contributed by atoms with van der Waals surface area (Å²) in [5.74, 6) is 1.25. The summed E-state index contributed by atoms with van der Waals surface area (Å²) in [5.41, 5.74) is 7.23. The van der Waals surface area contributed by atoms with E-state index in [0.29, 0.717) is 11.8 Å². The van der Waals surface area contributed by atoms with E-state index in [1.165, 1.54) is 25.0 Å². The Kier molecular flexibility index (Phi) is 4.03. The maximum absolute atomic E-state index is 5.86. The van der Waals surface area contributed by atoms with E-state index in [-0.39, 0.29) is 0 Å². The first-order valence-corrected chi connectivity index (χ1v) is 6.98. The Morgan fingerprint density at radius 1 is 1.56 bits per heavy atom. The molecule has 0 aromatic carbocycles. The minimum atomic E-state index is 0.605. The minimum absolute atomic E-state index is 0.605. The van der Waals surface area contributed by atoms with Crippen molar-refractivity contribution in [2.24, 2.45) is 11.7 Å². The molecular weight excluding hydrogens is 266 g/mol. The summed E-state index contributed by atoms with van der Waals surface area (Å²) in [6, 6.07) is 0. The zero-order chi connectivity index (χ0) is 11.5. The predicted octanol–water partition coefficient (Wildman–Crippen LogP) is 2.90. The summed E-state index contributed by atoms with van der Waals surface area (Å²) >= 11 is 3.63. The summed E-state index contributed by atoms with van der Waals surface area (Å²) < 4.78 is 3.31. The van der Waals surface area contributed by atoms with Gasteiger partial charge < -0.3 is 5.73 Å². The van der Waals surface area contributed by atoms with Crippen LogP contribution in [0.3, 0.4) is 0 Å². The number of hydrogen-bond acceptors (Lipinski definition) is 2. The third-order valence-electron chi connectivity index (χ3n) is 3.58. The number of aromatic nitrogens is 2. The van der Waals surface area contributed by atoms with E-state index in [2.05, 4.69) is 32.6 Å². The average Bonchev–Trinajstić information content (AvgIpc) is 2.85. The van der Waals surface area contributed by atoms with Gasteiger partial charge in [0, 0.05) is 12.5 Å². The summed E-state index contributed by atoms with van der Waals surface area (Å²) in [5, 5.41) is 4.45. The highest BCUT2D eigenvalue weighted by atomic mass is 79.9. The molecule has 2 rings (SSSR count). The summed E-state index contributed by atoms with van der Waals surface area (Å²) in [6.45, 7) is 4.00. The normalized spacial score (nSPS) is 25.2. The van der Waals surface area contributed by atoms with Gasteiger partial charge in [0.25, 0.3) is 0 Å². The van der Waals surface area contributed by atoms with Crippen LogP contribution in [0.1, 0.15) is 44.2 Å². The number of nitrogens with zero attached hydrogens (tertiary/aromatic N) is 2. The number of hydrogen-bond donors (Lipinski definition) is 1. The van der Waals surface area contributed by atoms with Gasteiger partial charge in [-0.25, -0.2) is 0 Å². The molecule has 1 heterocycles. The molecule has 1 fully saturated rings. The van der Waals surface area contributed by atoms with Crippen molar-refractivity contribution in [2.75, 3.05) is 6.54 Å². The molecule has 1 aromatic heterocycles. The molecule has 3 nitrogen and oxygen atoms in total. The molecule has 0 spiro atoms. The van der Waals surface area contributed by atoms with Gasteiger partial charge in [-0.15, -0.1) is 0 Å². The third kappa shape index (κ3) is 2.18. The lowest BCUT2D eigenvalue weighted by atomic mass is 9.93. The highest BCUT2D eigenvalue weighted by Crippen LogP contribution is 2.41. The van der Waals surface area contributed by atoms with Gasteiger partial charge in [-0.05, 0) is 47.7 Å². The zero-order valence-corrected chi connectivity index (χ0v) is 11.4. The van der Waals surface area contributed by atoms with Crippen LogP contribution in [0.25, 0.3) is 0 Å². The Morgan fingerprint density at radius 3 is 3.06 bits per heavy atom. The lowest BCUT2D eigenvalue weighted by Crippen LogP contribution is -2.20. The lowest BCUT2D eigenvalue weighted by molar-refractivity contribution is 0.450. The molecule has 1 saturated carbocycles. The molecule has 1 aliphatic carbocycles. The van der Waals surface area contributed by atoms with Crippen molar-refractivity contribution in [3.63, 3.8) is 0 Å². The molecule has 0 aliphatic heterocycles. The standard InChI is InChI=1S/C12H20BrN3/c1-2-6-16-12(11(13)8-15-16)10-5-3-4-9(10)7-14/h8-10H,2-7,14H2,1H3. The number of rotatable bonds is 4. The minimum Gasteiger partial charge on any atom is -0.330 e. The SMILES string of the molecule is CCCn1ncc(Br)c1C1CCCC1CN. The first-order valence-electron chi connectivity index (χ1n) is 6.19. The van der Waals surface area contributed by atoms with E-state index in [1.807, 2.05) is 6.20 Å². The van der Waals surface area contributed by atoms with Crippen LogP contribution in [-0.2, 0) is 6.54 Å². The molecule has 2 N–H and O–H groups in total. The summed E-state index contributed by atoms with van der Waals surface area (Å²) in [7, 11) is 0. The van der Waals surface area contributed by atoms with E-state index in [1.54, 1.807) is 0 Å². The molecular formula is C12H20BrN3. The van der Waals surface area contributed by atoms with E-state index in [4.69, 9.17) is 5.73 Å². The Bertz CT molecular complexity index is 348. The quantitative estimate of drug-likeness (QED) is 0.925. The van der Waals surface area contributed by atoms with Crippen molar-refractivity contribution in [3.05, 3.63) is 16.4 Å².